The first-order chi connectivity index (χ1) is 16.5. The summed E-state index contributed by atoms with van der Waals surface area (Å²) in [6.45, 7) is 6.00. The van der Waals surface area contributed by atoms with Gasteiger partial charge in [0, 0.05) is 39.4 Å². The Labute approximate surface area is 225 Å². The van der Waals surface area contributed by atoms with Gasteiger partial charge in [0.1, 0.15) is 0 Å². The lowest BCUT2D eigenvalue weighted by atomic mass is 9.68. The molecule has 0 fully saturated rings. The lowest BCUT2D eigenvalue weighted by Gasteiger charge is -2.39. The van der Waals surface area contributed by atoms with E-state index in [9.17, 15) is 9.59 Å². The van der Waals surface area contributed by atoms with Crippen LogP contribution in [0.4, 0.5) is 5.13 Å². The van der Waals surface area contributed by atoms with Crippen LogP contribution in [0.1, 0.15) is 45.1 Å². The van der Waals surface area contributed by atoms with Crippen molar-refractivity contribution in [3.8, 4) is 0 Å². The number of nitrogens with zero attached hydrogens (tertiary/aromatic N) is 1. The number of carbonyl (C=O) groups is 2. The minimum absolute atomic E-state index is 0.00688. The summed E-state index contributed by atoms with van der Waals surface area (Å²) >= 11 is 17.9. The number of hydrogen-bond donors (Lipinski definition) is 2. The van der Waals surface area contributed by atoms with Crippen LogP contribution in [0.2, 0.25) is 10.0 Å². The Balaban J connectivity index is 1.60. The van der Waals surface area contributed by atoms with Gasteiger partial charge in [-0.25, -0.2) is 4.98 Å². The second kappa shape index (κ2) is 9.04. The topological polar surface area (TPSA) is 71.1 Å². The van der Waals surface area contributed by atoms with Crippen LogP contribution in [-0.2, 0) is 9.59 Å². The number of dihydropyridines is 1. The van der Waals surface area contributed by atoms with Crippen molar-refractivity contribution in [2.45, 2.75) is 39.5 Å². The molecule has 2 aliphatic rings. The zero-order chi connectivity index (χ0) is 25.1. The molecule has 5 nitrogen and oxygen atoms in total. The van der Waals surface area contributed by atoms with E-state index in [1.54, 1.807) is 12.1 Å². The van der Waals surface area contributed by atoms with Gasteiger partial charge in [-0.2, -0.15) is 0 Å². The average Bonchev–Trinajstić information content (AvgIpc) is 3.14. The molecule has 180 valence electrons. The first kappa shape index (κ1) is 24.5. The molecule has 0 unspecified atom stereocenters. The smallest absolute Gasteiger partial charge is 0.256 e. The molecule has 9 heteroatoms. The number of fused-ring (bicyclic) bond motifs is 1. The molecule has 3 aromatic rings. The Hall–Kier alpha value is -2.19. The molecule has 1 aliphatic carbocycles. The molecule has 0 radical (unpaired) electrons. The maximum atomic E-state index is 13.7. The van der Waals surface area contributed by atoms with E-state index in [0.29, 0.717) is 50.4 Å². The van der Waals surface area contributed by atoms with Crippen LogP contribution in [0.25, 0.3) is 10.2 Å². The maximum Gasteiger partial charge on any atom is 0.256 e. The third kappa shape index (κ3) is 4.55. The van der Waals surface area contributed by atoms with E-state index < -0.39 is 5.92 Å². The van der Waals surface area contributed by atoms with Crippen LogP contribution in [0, 0.1) is 5.41 Å². The highest BCUT2D eigenvalue weighted by Crippen LogP contribution is 2.49. The van der Waals surface area contributed by atoms with Gasteiger partial charge in [0.15, 0.2) is 10.9 Å². The summed E-state index contributed by atoms with van der Waals surface area (Å²) in [4.78, 5) is 31.8. The Morgan fingerprint density at radius 2 is 2.00 bits per heavy atom. The molecule has 2 N–H and O–H groups in total. The van der Waals surface area contributed by atoms with Crippen molar-refractivity contribution < 1.29 is 9.59 Å². The summed E-state index contributed by atoms with van der Waals surface area (Å²) in [5.41, 5.74) is 3.78. The van der Waals surface area contributed by atoms with Crippen molar-refractivity contribution in [3.05, 3.63) is 79.0 Å². The number of rotatable bonds is 3. The highest BCUT2D eigenvalue weighted by Gasteiger charge is 2.43. The Morgan fingerprint density at radius 3 is 2.77 bits per heavy atom. The quantitative estimate of drug-likeness (QED) is 0.329. The van der Waals surface area contributed by atoms with Gasteiger partial charge in [0.2, 0.25) is 0 Å². The van der Waals surface area contributed by atoms with Gasteiger partial charge in [0.05, 0.1) is 20.3 Å². The van der Waals surface area contributed by atoms with Crippen LogP contribution in [0.5, 0.6) is 0 Å². The molecule has 1 aromatic heterocycles. The van der Waals surface area contributed by atoms with E-state index >= 15 is 0 Å². The van der Waals surface area contributed by atoms with Gasteiger partial charge in [-0.3, -0.25) is 14.9 Å². The van der Waals surface area contributed by atoms with Gasteiger partial charge in [-0.15, -0.1) is 0 Å². The summed E-state index contributed by atoms with van der Waals surface area (Å²) in [5.74, 6) is -0.963. The molecule has 2 aromatic carbocycles. The number of anilines is 1. The number of allylic oxidation sites excluding steroid dienone is 3. The van der Waals surface area contributed by atoms with E-state index in [1.165, 1.54) is 11.3 Å². The number of Topliss-reactive ketones (excluding diaryl/α,β-unsaturated/α-hetero) is 1. The number of ketones is 1. The number of benzene rings is 2. The Bertz CT molecular complexity index is 1470. The van der Waals surface area contributed by atoms with Crippen LogP contribution in [-0.4, -0.2) is 16.7 Å². The lowest BCUT2D eigenvalue weighted by Crippen LogP contribution is -2.39. The second-order valence-electron chi connectivity index (χ2n) is 9.66. The van der Waals surface area contributed by atoms with Gasteiger partial charge in [0.25, 0.3) is 5.91 Å². The zero-order valence-electron chi connectivity index (χ0n) is 19.3. The molecule has 0 saturated heterocycles. The number of thiazole rings is 1. The first-order valence-electron chi connectivity index (χ1n) is 11.1. The van der Waals surface area contributed by atoms with Crippen molar-refractivity contribution in [1.29, 1.82) is 0 Å². The molecule has 5 rings (SSSR count). The van der Waals surface area contributed by atoms with Crippen LogP contribution in [0.3, 0.4) is 0 Å². The molecule has 1 aliphatic heterocycles. The molecule has 2 heterocycles. The fraction of sp³-hybridized carbons (Fsp3) is 0.269. The highest BCUT2D eigenvalue weighted by atomic mass is 79.9. The monoisotopic (exact) mass is 589 g/mol. The van der Waals surface area contributed by atoms with Crippen LogP contribution in [0.15, 0.2) is 63.4 Å². The number of hydrogen-bond acceptors (Lipinski definition) is 5. The number of amides is 1. The van der Waals surface area contributed by atoms with E-state index in [4.69, 9.17) is 23.2 Å². The van der Waals surface area contributed by atoms with Crippen molar-refractivity contribution in [2.75, 3.05) is 5.32 Å². The number of nitrogens with one attached hydrogen (secondary N) is 2. The van der Waals surface area contributed by atoms with Crippen molar-refractivity contribution in [3.63, 3.8) is 0 Å². The minimum atomic E-state index is -0.635. The zero-order valence-corrected chi connectivity index (χ0v) is 23.2. The predicted octanol–water partition coefficient (Wildman–Crippen LogP) is 7.61. The molecule has 0 saturated carbocycles. The SMILES string of the molecule is CC1=C(C(=O)Nc2nc3ccc(Br)cc3s2)[C@H](c2cccc(Cl)c2Cl)C2=C(CC(C)(C)CC2=O)N1. The fourth-order valence-electron chi connectivity index (χ4n) is 4.91. The highest BCUT2D eigenvalue weighted by molar-refractivity contribution is 9.10. The molecular weight excluding hydrogens is 569 g/mol. The molecule has 1 amide bonds. The Morgan fingerprint density at radius 1 is 1.23 bits per heavy atom. The molecule has 35 heavy (non-hydrogen) atoms. The summed E-state index contributed by atoms with van der Waals surface area (Å²) in [7, 11) is 0. The van der Waals surface area contributed by atoms with E-state index in [-0.39, 0.29) is 17.1 Å². The van der Waals surface area contributed by atoms with Crippen LogP contribution >= 0.6 is 50.5 Å². The Kier molecular flexibility index (Phi) is 6.33. The van der Waals surface area contributed by atoms with Crippen molar-refractivity contribution >= 4 is 77.5 Å². The largest absolute Gasteiger partial charge is 0.362 e. The summed E-state index contributed by atoms with van der Waals surface area (Å²) in [6, 6.07) is 11.1. The second-order valence-corrected chi connectivity index (χ2v) is 12.4. The molecule has 0 spiro atoms. The first-order valence-corrected chi connectivity index (χ1v) is 13.5. The number of carbonyl (C=O) groups excluding carboxylic acids is 2. The van der Waals surface area contributed by atoms with E-state index in [2.05, 4.69) is 45.4 Å². The number of halogens is 3. The molecular formula is C26H22BrCl2N3O2S. The molecule has 0 bridgehead atoms. The lowest BCUT2D eigenvalue weighted by molar-refractivity contribution is -0.118. The van der Waals surface area contributed by atoms with E-state index in [1.807, 2.05) is 31.2 Å². The van der Waals surface area contributed by atoms with Gasteiger partial charge < -0.3 is 5.32 Å². The van der Waals surface area contributed by atoms with Gasteiger partial charge in [-0.1, -0.05) is 76.4 Å². The van der Waals surface area contributed by atoms with Gasteiger partial charge >= 0.3 is 0 Å². The fourth-order valence-corrected chi connectivity index (χ4v) is 6.74. The minimum Gasteiger partial charge on any atom is -0.362 e. The number of aromatic nitrogens is 1. The van der Waals surface area contributed by atoms with Crippen molar-refractivity contribution in [1.82, 2.24) is 10.3 Å². The third-order valence-electron chi connectivity index (χ3n) is 6.35. The summed E-state index contributed by atoms with van der Waals surface area (Å²) in [6.07, 6.45) is 1.09. The van der Waals surface area contributed by atoms with Crippen molar-refractivity contribution in [2.24, 2.45) is 5.41 Å². The summed E-state index contributed by atoms with van der Waals surface area (Å²) < 4.78 is 1.89. The predicted molar refractivity (Wildman–Crippen MR) is 146 cm³/mol. The normalized spacial score (nSPS) is 19.6. The summed E-state index contributed by atoms with van der Waals surface area (Å²) in [5, 5.41) is 7.52. The molecule has 1 atom stereocenters. The van der Waals surface area contributed by atoms with Gasteiger partial charge in [-0.05, 0) is 48.6 Å². The maximum absolute atomic E-state index is 13.7. The average molecular weight is 591 g/mol. The third-order valence-corrected chi connectivity index (χ3v) is 8.61. The van der Waals surface area contributed by atoms with E-state index in [0.717, 1.165) is 20.4 Å². The standard InChI is InChI=1S/C26H22BrCl2N3O2S/c1-12-20(24(34)32-25-31-16-8-7-13(27)9-19(16)35-25)21(14-5-4-6-15(28)23(14)29)22-17(30-12)10-26(2,3)11-18(22)33/h4-9,21,30H,10-11H2,1-3H3,(H,31,32,34)/t21-/m0/s1. The van der Waals surface area contributed by atoms with Crippen LogP contribution < -0.4 is 10.6 Å².